The molecule has 2 aromatic rings. The average molecular weight is 294 g/mol. The van der Waals surface area contributed by atoms with Gasteiger partial charge in [-0.3, -0.25) is 4.79 Å². The van der Waals surface area contributed by atoms with Crippen LogP contribution < -0.4 is 10.1 Å². The summed E-state index contributed by atoms with van der Waals surface area (Å²) in [6.45, 7) is 4.36. The molecule has 0 atom stereocenters. The Morgan fingerprint density at radius 2 is 2.05 bits per heavy atom. The highest BCUT2D eigenvalue weighted by atomic mass is 16.5. The predicted molar refractivity (Wildman–Crippen MR) is 84.8 cm³/mol. The number of carbonyl (C=O) groups is 1. The van der Waals surface area contributed by atoms with Gasteiger partial charge in [0.2, 0.25) is 0 Å². The van der Waals surface area contributed by atoms with E-state index in [0.717, 1.165) is 22.4 Å². The number of carbonyl (C=O) groups excluding carboxylic acids is 1. The molecule has 0 aliphatic heterocycles. The number of rotatable bonds is 4. The molecule has 0 saturated carbocycles. The number of ether oxygens (including phenoxy) is 1. The number of nitriles is 1. The maximum Gasteiger partial charge on any atom is 0.251 e. The monoisotopic (exact) mass is 294 g/mol. The zero-order valence-corrected chi connectivity index (χ0v) is 12.9. The molecular weight excluding hydrogens is 276 g/mol. The molecule has 4 nitrogen and oxygen atoms in total. The number of nitrogens with zero attached hydrogens (tertiary/aromatic N) is 1. The number of hydrogen-bond acceptors (Lipinski definition) is 3. The van der Waals surface area contributed by atoms with Gasteiger partial charge in [0, 0.05) is 17.7 Å². The Bertz CT molecular complexity index is 745. The first-order valence-electron chi connectivity index (χ1n) is 6.97. The maximum atomic E-state index is 12.2. The second kappa shape index (κ2) is 6.77. The molecule has 0 aromatic heterocycles. The Balaban J connectivity index is 2.16. The van der Waals surface area contributed by atoms with E-state index in [9.17, 15) is 4.79 Å². The van der Waals surface area contributed by atoms with Gasteiger partial charge in [0.1, 0.15) is 5.75 Å². The van der Waals surface area contributed by atoms with E-state index in [2.05, 4.69) is 5.32 Å². The molecule has 0 aliphatic rings. The maximum absolute atomic E-state index is 12.2. The fourth-order valence-corrected chi connectivity index (χ4v) is 2.47. The smallest absolute Gasteiger partial charge is 0.251 e. The van der Waals surface area contributed by atoms with Crippen molar-refractivity contribution >= 4 is 5.91 Å². The van der Waals surface area contributed by atoms with Crippen molar-refractivity contribution in [3.05, 3.63) is 64.2 Å². The Labute approximate surface area is 130 Å². The van der Waals surface area contributed by atoms with Gasteiger partial charge in [0.05, 0.1) is 18.7 Å². The summed E-state index contributed by atoms with van der Waals surface area (Å²) in [6.07, 6.45) is 0. The molecule has 0 spiro atoms. The van der Waals surface area contributed by atoms with E-state index in [1.807, 2.05) is 32.0 Å². The molecule has 0 bridgehead atoms. The minimum Gasteiger partial charge on any atom is -0.496 e. The highest BCUT2D eigenvalue weighted by molar-refractivity contribution is 5.94. The molecule has 22 heavy (non-hydrogen) atoms. The van der Waals surface area contributed by atoms with Gasteiger partial charge in [-0.2, -0.15) is 5.26 Å². The highest BCUT2D eigenvalue weighted by Crippen LogP contribution is 2.25. The van der Waals surface area contributed by atoms with E-state index in [-0.39, 0.29) is 5.91 Å². The van der Waals surface area contributed by atoms with Crippen molar-refractivity contribution in [2.45, 2.75) is 20.4 Å². The van der Waals surface area contributed by atoms with Crippen LogP contribution in [0.4, 0.5) is 0 Å². The predicted octanol–water partition coefficient (Wildman–Crippen LogP) is 3.11. The van der Waals surface area contributed by atoms with Crippen LogP contribution in [-0.4, -0.2) is 13.0 Å². The molecule has 0 unspecified atom stereocenters. The van der Waals surface area contributed by atoms with Crippen molar-refractivity contribution < 1.29 is 9.53 Å². The first-order chi connectivity index (χ1) is 10.5. The molecule has 112 valence electrons. The van der Waals surface area contributed by atoms with E-state index in [0.29, 0.717) is 17.7 Å². The van der Waals surface area contributed by atoms with E-state index < -0.39 is 0 Å². The van der Waals surface area contributed by atoms with Crippen LogP contribution in [-0.2, 0) is 6.54 Å². The van der Waals surface area contributed by atoms with Crippen LogP contribution in [0.25, 0.3) is 0 Å². The number of methoxy groups -OCH3 is 1. The number of nitrogens with one attached hydrogen (secondary N) is 1. The van der Waals surface area contributed by atoms with Gasteiger partial charge < -0.3 is 10.1 Å². The first kappa shape index (κ1) is 15.6. The van der Waals surface area contributed by atoms with Crippen molar-refractivity contribution in [2.75, 3.05) is 7.11 Å². The number of amides is 1. The second-order valence-corrected chi connectivity index (χ2v) is 5.15. The van der Waals surface area contributed by atoms with Crippen LogP contribution in [0.2, 0.25) is 0 Å². The average Bonchev–Trinajstić information content (AvgIpc) is 2.52. The molecule has 2 aromatic carbocycles. The Morgan fingerprint density at radius 3 is 2.73 bits per heavy atom. The standard InChI is InChI=1S/C18H18N2O2/c1-12-7-13(2)17(22-3)16(8-12)11-20-18(21)15-6-4-5-14(9-15)10-19/h4-9H,11H2,1-3H3,(H,20,21). The van der Waals surface area contributed by atoms with E-state index in [4.69, 9.17) is 10.00 Å². The lowest BCUT2D eigenvalue weighted by Crippen LogP contribution is -2.23. The van der Waals surface area contributed by atoms with Gasteiger partial charge in [-0.25, -0.2) is 0 Å². The molecule has 0 fully saturated rings. The second-order valence-electron chi connectivity index (χ2n) is 5.15. The summed E-state index contributed by atoms with van der Waals surface area (Å²) < 4.78 is 5.41. The molecule has 0 heterocycles. The van der Waals surface area contributed by atoms with Gasteiger partial charge in [0.25, 0.3) is 5.91 Å². The minimum atomic E-state index is -0.210. The molecule has 0 aliphatic carbocycles. The quantitative estimate of drug-likeness (QED) is 0.942. The molecule has 2 rings (SSSR count). The topological polar surface area (TPSA) is 62.1 Å². The van der Waals surface area contributed by atoms with Crippen molar-refractivity contribution in [2.24, 2.45) is 0 Å². The van der Waals surface area contributed by atoms with Gasteiger partial charge in [-0.05, 0) is 37.6 Å². The fourth-order valence-electron chi connectivity index (χ4n) is 2.47. The lowest BCUT2D eigenvalue weighted by Gasteiger charge is -2.13. The molecular formula is C18H18N2O2. The Morgan fingerprint density at radius 1 is 1.27 bits per heavy atom. The Kier molecular flexibility index (Phi) is 4.80. The molecule has 4 heteroatoms. The van der Waals surface area contributed by atoms with Crippen LogP contribution >= 0.6 is 0 Å². The number of benzene rings is 2. The highest BCUT2D eigenvalue weighted by Gasteiger charge is 2.10. The summed E-state index contributed by atoms with van der Waals surface area (Å²) in [7, 11) is 1.62. The van der Waals surface area contributed by atoms with Crippen LogP contribution in [0.5, 0.6) is 5.75 Å². The lowest BCUT2D eigenvalue weighted by atomic mass is 10.1. The van der Waals surface area contributed by atoms with Crippen molar-refractivity contribution in [3.8, 4) is 11.8 Å². The first-order valence-corrected chi connectivity index (χ1v) is 6.97. The van der Waals surface area contributed by atoms with Crippen LogP contribution in [0, 0.1) is 25.2 Å². The molecule has 0 radical (unpaired) electrons. The van der Waals surface area contributed by atoms with Gasteiger partial charge in [-0.15, -0.1) is 0 Å². The summed E-state index contributed by atoms with van der Waals surface area (Å²) in [5.41, 5.74) is 4.04. The van der Waals surface area contributed by atoms with Crippen molar-refractivity contribution in [1.29, 1.82) is 5.26 Å². The zero-order valence-electron chi connectivity index (χ0n) is 12.9. The normalized spacial score (nSPS) is 9.91. The summed E-state index contributed by atoms with van der Waals surface area (Å²) in [6, 6.07) is 12.7. The lowest BCUT2D eigenvalue weighted by molar-refractivity contribution is 0.0950. The van der Waals surface area contributed by atoms with E-state index in [1.165, 1.54) is 0 Å². The SMILES string of the molecule is COc1c(C)cc(C)cc1CNC(=O)c1cccc(C#N)c1. The summed E-state index contributed by atoms with van der Waals surface area (Å²) in [4.78, 5) is 12.2. The third-order valence-electron chi connectivity index (χ3n) is 3.39. The summed E-state index contributed by atoms with van der Waals surface area (Å²) >= 11 is 0. The number of aryl methyl sites for hydroxylation is 2. The summed E-state index contributed by atoms with van der Waals surface area (Å²) in [5.74, 6) is 0.579. The van der Waals surface area contributed by atoms with Crippen LogP contribution in [0.1, 0.15) is 32.6 Å². The zero-order chi connectivity index (χ0) is 16.1. The van der Waals surface area contributed by atoms with Gasteiger partial charge in [0.15, 0.2) is 0 Å². The molecule has 1 N–H and O–H groups in total. The van der Waals surface area contributed by atoms with Crippen LogP contribution in [0.3, 0.4) is 0 Å². The fraction of sp³-hybridized carbons (Fsp3) is 0.222. The van der Waals surface area contributed by atoms with Gasteiger partial charge in [-0.1, -0.05) is 23.8 Å². The summed E-state index contributed by atoms with van der Waals surface area (Å²) in [5, 5.41) is 11.8. The van der Waals surface area contributed by atoms with Crippen molar-refractivity contribution in [3.63, 3.8) is 0 Å². The Hall–Kier alpha value is -2.80. The van der Waals surface area contributed by atoms with E-state index >= 15 is 0 Å². The van der Waals surface area contributed by atoms with Crippen molar-refractivity contribution in [1.82, 2.24) is 5.32 Å². The molecule has 0 saturated heterocycles. The van der Waals surface area contributed by atoms with Gasteiger partial charge >= 0.3 is 0 Å². The minimum absolute atomic E-state index is 0.210. The van der Waals surface area contributed by atoms with Crippen LogP contribution in [0.15, 0.2) is 36.4 Å². The number of hydrogen-bond donors (Lipinski definition) is 1. The third kappa shape index (κ3) is 3.44. The van der Waals surface area contributed by atoms with E-state index in [1.54, 1.807) is 31.4 Å². The largest absolute Gasteiger partial charge is 0.496 e. The molecule has 1 amide bonds. The third-order valence-corrected chi connectivity index (χ3v) is 3.39.